The lowest BCUT2D eigenvalue weighted by Gasteiger charge is -2.12. The molecule has 0 fully saturated rings. The quantitative estimate of drug-likeness (QED) is 0.346. The van der Waals surface area contributed by atoms with Gasteiger partial charge < -0.3 is 15.2 Å². The van der Waals surface area contributed by atoms with Crippen molar-refractivity contribution in [3.8, 4) is 22.8 Å². The fourth-order valence-corrected chi connectivity index (χ4v) is 5.25. The van der Waals surface area contributed by atoms with Gasteiger partial charge in [0.05, 0.1) is 46.6 Å². The summed E-state index contributed by atoms with van der Waals surface area (Å²) in [6, 6.07) is 14.7. The average molecular weight is 495 g/mol. The van der Waals surface area contributed by atoms with Gasteiger partial charge in [0, 0.05) is 10.9 Å². The molecule has 3 N–H and O–H groups in total. The molecule has 0 aliphatic carbocycles. The molecule has 0 radical (unpaired) electrons. The number of ether oxygens (including phenoxy) is 2. The Morgan fingerprint density at radius 3 is 2.56 bits per heavy atom. The third kappa shape index (κ3) is 4.97. The van der Waals surface area contributed by atoms with Crippen LogP contribution in [0.3, 0.4) is 0 Å². The van der Waals surface area contributed by atoms with Crippen molar-refractivity contribution in [2.24, 2.45) is 5.73 Å². The molecule has 0 unspecified atom stereocenters. The van der Waals surface area contributed by atoms with E-state index in [9.17, 15) is 9.59 Å². The minimum absolute atomic E-state index is 0.153. The molecule has 34 heavy (non-hydrogen) atoms. The Balaban J connectivity index is 1.71. The largest absolute Gasteiger partial charge is 0.493 e. The number of fused-ring (bicyclic) bond motifs is 1. The van der Waals surface area contributed by atoms with Crippen molar-refractivity contribution in [2.75, 3.05) is 25.3 Å². The van der Waals surface area contributed by atoms with Crippen LogP contribution in [0.1, 0.15) is 16.1 Å². The molecule has 0 spiro atoms. The van der Waals surface area contributed by atoms with Crippen molar-refractivity contribution in [1.82, 2.24) is 9.97 Å². The van der Waals surface area contributed by atoms with Gasteiger partial charge in [0.1, 0.15) is 0 Å². The van der Waals surface area contributed by atoms with Gasteiger partial charge >= 0.3 is 0 Å². The van der Waals surface area contributed by atoms with Gasteiger partial charge in [0.2, 0.25) is 5.91 Å². The number of aryl methyl sites for hydroxylation is 1. The van der Waals surface area contributed by atoms with Crippen LogP contribution in [0.5, 0.6) is 11.5 Å². The summed E-state index contributed by atoms with van der Waals surface area (Å²) in [5.41, 5.74) is 8.53. The molecule has 174 valence electrons. The van der Waals surface area contributed by atoms with E-state index in [-0.39, 0.29) is 11.7 Å². The number of nitrogens with zero attached hydrogens (tertiary/aromatic N) is 2. The number of pyridine rings is 1. The lowest BCUT2D eigenvalue weighted by Crippen LogP contribution is -2.13. The van der Waals surface area contributed by atoms with Crippen molar-refractivity contribution < 1.29 is 19.1 Å². The zero-order valence-corrected chi connectivity index (χ0v) is 20.4. The Bertz CT molecular complexity index is 1390. The highest BCUT2D eigenvalue weighted by atomic mass is 32.2. The number of hydrogen-bond acceptors (Lipinski definition) is 8. The van der Waals surface area contributed by atoms with E-state index in [1.165, 1.54) is 23.1 Å². The van der Waals surface area contributed by atoms with Crippen molar-refractivity contribution in [3.63, 3.8) is 0 Å². The molecule has 2 aromatic carbocycles. The standard InChI is InChI=1S/C24H22N4O4S2/c1-13-23(33-12-21(25)29)34-24(26-13)28-22(30)16-11-18(27-17-7-5-4-6-15(16)17)14-8-9-19(31-2)20(10-14)32-3/h4-11H,12H2,1-3H3,(H2,25,29)(H,26,28,30). The van der Waals surface area contributed by atoms with Crippen LogP contribution >= 0.6 is 23.1 Å². The molecule has 0 saturated carbocycles. The predicted molar refractivity (Wildman–Crippen MR) is 135 cm³/mol. The second kappa shape index (κ2) is 10.1. The van der Waals surface area contributed by atoms with E-state index >= 15 is 0 Å². The first-order chi connectivity index (χ1) is 16.4. The SMILES string of the molecule is COc1ccc(-c2cc(C(=O)Nc3nc(C)c(SCC(N)=O)s3)c3ccccc3n2)cc1OC. The van der Waals surface area contributed by atoms with Gasteiger partial charge in [-0.25, -0.2) is 9.97 Å². The van der Waals surface area contributed by atoms with Gasteiger partial charge in [-0.05, 0) is 37.3 Å². The normalized spacial score (nSPS) is 10.8. The number of nitrogens with two attached hydrogens (primary N) is 1. The van der Waals surface area contributed by atoms with Crippen LogP contribution in [-0.2, 0) is 4.79 Å². The number of thiazole rings is 1. The molecule has 4 aromatic rings. The number of carbonyl (C=O) groups is 2. The number of anilines is 1. The van der Waals surface area contributed by atoms with Gasteiger partial charge in [-0.2, -0.15) is 0 Å². The molecule has 2 heterocycles. The van der Waals surface area contributed by atoms with Crippen molar-refractivity contribution in [1.29, 1.82) is 0 Å². The lowest BCUT2D eigenvalue weighted by molar-refractivity contribution is -0.115. The van der Waals surface area contributed by atoms with Crippen molar-refractivity contribution in [2.45, 2.75) is 11.1 Å². The van der Waals surface area contributed by atoms with E-state index in [0.29, 0.717) is 33.4 Å². The van der Waals surface area contributed by atoms with E-state index in [2.05, 4.69) is 10.3 Å². The number of primary amides is 1. The van der Waals surface area contributed by atoms with Gasteiger partial charge in [0.15, 0.2) is 16.6 Å². The second-order valence-electron chi connectivity index (χ2n) is 7.24. The van der Waals surface area contributed by atoms with E-state index in [0.717, 1.165) is 20.9 Å². The zero-order chi connectivity index (χ0) is 24.2. The molecule has 2 amide bonds. The molecule has 0 aliphatic rings. The Morgan fingerprint density at radius 2 is 1.82 bits per heavy atom. The first-order valence-electron chi connectivity index (χ1n) is 10.2. The van der Waals surface area contributed by atoms with Crippen molar-refractivity contribution >= 4 is 50.9 Å². The van der Waals surface area contributed by atoms with Crippen LogP contribution in [-0.4, -0.2) is 41.8 Å². The molecular formula is C24H22N4O4S2. The summed E-state index contributed by atoms with van der Waals surface area (Å²) in [4.78, 5) is 33.6. The Morgan fingerprint density at radius 1 is 1.06 bits per heavy atom. The number of hydrogen-bond donors (Lipinski definition) is 2. The molecule has 2 aromatic heterocycles. The highest BCUT2D eigenvalue weighted by Gasteiger charge is 2.18. The Hall–Kier alpha value is -3.63. The van der Waals surface area contributed by atoms with Gasteiger partial charge in [-0.3, -0.25) is 14.9 Å². The topological polar surface area (TPSA) is 116 Å². The first kappa shape index (κ1) is 23.5. The fraction of sp³-hybridized carbons (Fsp3) is 0.167. The summed E-state index contributed by atoms with van der Waals surface area (Å²) in [5, 5.41) is 4.06. The third-order valence-electron chi connectivity index (χ3n) is 4.96. The number of benzene rings is 2. The summed E-state index contributed by atoms with van der Waals surface area (Å²) in [5.74, 6) is 0.615. The van der Waals surface area contributed by atoms with Crippen LogP contribution in [0.4, 0.5) is 5.13 Å². The molecule has 0 aliphatic heterocycles. The minimum Gasteiger partial charge on any atom is -0.493 e. The van der Waals surface area contributed by atoms with E-state index in [4.69, 9.17) is 20.2 Å². The number of aromatic nitrogens is 2. The summed E-state index contributed by atoms with van der Waals surface area (Å²) in [6.45, 7) is 1.83. The summed E-state index contributed by atoms with van der Waals surface area (Å²) in [6.07, 6.45) is 0. The summed E-state index contributed by atoms with van der Waals surface area (Å²) < 4.78 is 11.6. The Kier molecular flexibility index (Phi) is 6.99. The Labute approximate surface area is 204 Å². The van der Waals surface area contributed by atoms with Crippen molar-refractivity contribution in [3.05, 3.63) is 59.8 Å². The fourth-order valence-electron chi connectivity index (χ4n) is 3.38. The maximum atomic E-state index is 13.3. The lowest BCUT2D eigenvalue weighted by atomic mass is 10.0. The molecule has 4 rings (SSSR count). The molecule has 10 heteroatoms. The van der Waals surface area contributed by atoms with Gasteiger partial charge in [0.25, 0.3) is 5.91 Å². The highest BCUT2D eigenvalue weighted by molar-refractivity contribution is 8.01. The number of para-hydroxylation sites is 1. The highest BCUT2D eigenvalue weighted by Crippen LogP contribution is 2.34. The first-order valence-corrected chi connectivity index (χ1v) is 12.0. The second-order valence-corrected chi connectivity index (χ2v) is 9.49. The number of thioether (sulfide) groups is 1. The minimum atomic E-state index is -0.408. The number of amides is 2. The van der Waals surface area contributed by atoms with E-state index in [1.54, 1.807) is 26.4 Å². The smallest absolute Gasteiger partial charge is 0.258 e. The number of nitrogens with one attached hydrogen (secondary N) is 1. The predicted octanol–water partition coefficient (Wildman–Crippen LogP) is 4.51. The van der Waals surface area contributed by atoms with Gasteiger partial charge in [-0.1, -0.05) is 29.5 Å². The molecule has 8 nitrogen and oxygen atoms in total. The van der Waals surface area contributed by atoms with E-state index in [1.807, 2.05) is 43.3 Å². The molecular weight excluding hydrogens is 472 g/mol. The maximum Gasteiger partial charge on any atom is 0.258 e. The number of rotatable bonds is 8. The van der Waals surface area contributed by atoms with Crippen LogP contribution < -0.4 is 20.5 Å². The van der Waals surface area contributed by atoms with Gasteiger partial charge in [-0.15, -0.1) is 11.8 Å². The monoisotopic (exact) mass is 494 g/mol. The summed E-state index contributed by atoms with van der Waals surface area (Å²) in [7, 11) is 3.15. The molecule has 0 bridgehead atoms. The molecule has 0 atom stereocenters. The van der Waals surface area contributed by atoms with Crippen LogP contribution in [0, 0.1) is 6.92 Å². The molecule has 0 saturated heterocycles. The van der Waals surface area contributed by atoms with Crippen LogP contribution in [0.25, 0.3) is 22.2 Å². The van der Waals surface area contributed by atoms with E-state index < -0.39 is 5.91 Å². The summed E-state index contributed by atoms with van der Waals surface area (Å²) >= 11 is 2.61. The number of carbonyl (C=O) groups excluding carboxylic acids is 2. The van der Waals surface area contributed by atoms with Crippen LogP contribution in [0.15, 0.2) is 52.7 Å². The average Bonchev–Trinajstić information content (AvgIpc) is 3.19. The maximum absolute atomic E-state index is 13.3. The third-order valence-corrected chi connectivity index (χ3v) is 7.42. The van der Waals surface area contributed by atoms with Crippen LogP contribution in [0.2, 0.25) is 0 Å². The number of methoxy groups -OCH3 is 2. The zero-order valence-electron chi connectivity index (χ0n) is 18.7.